The summed E-state index contributed by atoms with van der Waals surface area (Å²) in [6.45, 7) is 1.60. The van der Waals surface area contributed by atoms with E-state index < -0.39 is 31.9 Å². The molecule has 0 saturated carbocycles. The van der Waals surface area contributed by atoms with Gasteiger partial charge in [0.05, 0.1) is 9.79 Å². The minimum atomic E-state index is -3.82. The second kappa shape index (κ2) is 6.36. The van der Waals surface area contributed by atoms with Crippen LogP contribution in [0.3, 0.4) is 0 Å². The van der Waals surface area contributed by atoms with Crippen LogP contribution in [0.4, 0.5) is 4.39 Å². The first-order chi connectivity index (χ1) is 10.6. The molecule has 3 N–H and O–H groups in total. The van der Waals surface area contributed by atoms with Crippen LogP contribution < -0.4 is 9.86 Å². The van der Waals surface area contributed by atoms with Crippen molar-refractivity contribution in [3.05, 3.63) is 59.9 Å². The van der Waals surface area contributed by atoms with Gasteiger partial charge >= 0.3 is 0 Å². The standard InChI is InChI=1S/C14H15FN2O4S2/c1-10(11-2-6-13(7-3-11)22(16,18)19)17-23(20,21)14-8-4-12(15)5-9-14/h2-10,17H,1H3,(H2,16,18,19). The monoisotopic (exact) mass is 358 g/mol. The molecule has 23 heavy (non-hydrogen) atoms. The third-order valence-corrected chi connectivity index (χ3v) is 5.65. The number of hydrogen-bond acceptors (Lipinski definition) is 4. The van der Waals surface area contributed by atoms with Gasteiger partial charge in [0.15, 0.2) is 0 Å². The zero-order chi connectivity index (χ0) is 17.3. The Morgan fingerprint density at radius 3 is 1.87 bits per heavy atom. The zero-order valence-electron chi connectivity index (χ0n) is 12.1. The van der Waals surface area contributed by atoms with Gasteiger partial charge in [0, 0.05) is 6.04 Å². The number of hydrogen-bond donors (Lipinski definition) is 2. The molecule has 0 aliphatic carbocycles. The summed E-state index contributed by atoms with van der Waals surface area (Å²) in [6.07, 6.45) is 0. The van der Waals surface area contributed by atoms with E-state index in [2.05, 4.69) is 4.72 Å². The van der Waals surface area contributed by atoms with Crippen molar-refractivity contribution >= 4 is 20.0 Å². The average Bonchev–Trinajstić information content (AvgIpc) is 2.46. The highest BCUT2D eigenvalue weighted by Crippen LogP contribution is 2.19. The average molecular weight is 358 g/mol. The highest BCUT2D eigenvalue weighted by atomic mass is 32.2. The molecule has 6 nitrogen and oxygen atoms in total. The van der Waals surface area contributed by atoms with E-state index in [1.165, 1.54) is 24.3 Å². The second-order valence-corrected chi connectivity index (χ2v) is 8.19. The molecule has 2 aromatic carbocycles. The molecule has 0 spiro atoms. The van der Waals surface area contributed by atoms with Crippen LogP contribution in [-0.4, -0.2) is 16.8 Å². The van der Waals surface area contributed by atoms with E-state index in [-0.39, 0.29) is 9.79 Å². The smallest absolute Gasteiger partial charge is 0.225 e. The minimum Gasteiger partial charge on any atom is -0.225 e. The van der Waals surface area contributed by atoms with E-state index in [0.29, 0.717) is 5.56 Å². The maximum Gasteiger partial charge on any atom is 0.241 e. The van der Waals surface area contributed by atoms with Crippen LogP contribution in [0.5, 0.6) is 0 Å². The molecule has 0 aliphatic heterocycles. The van der Waals surface area contributed by atoms with Crippen molar-refractivity contribution in [1.82, 2.24) is 4.72 Å². The van der Waals surface area contributed by atoms with Crippen LogP contribution in [0.25, 0.3) is 0 Å². The minimum absolute atomic E-state index is 0.0603. The van der Waals surface area contributed by atoms with Gasteiger partial charge in [-0.25, -0.2) is 31.1 Å². The summed E-state index contributed by atoms with van der Waals surface area (Å²) in [5, 5.41) is 5.00. The molecular weight excluding hydrogens is 343 g/mol. The SMILES string of the molecule is CC(NS(=O)(=O)c1ccc(F)cc1)c1ccc(S(N)(=O)=O)cc1. The van der Waals surface area contributed by atoms with Crippen molar-refractivity contribution in [3.8, 4) is 0 Å². The van der Waals surface area contributed by atoms with Crippen LogP contribution in [0, 0.1) is 5.82 Å². The first-order valence-electron chi connectivity index (χ1n) is 6.50. The Morgan fingerprint density at radius 1 is 0.913 bits per heavy atom. The van der Waals surface area contributed by atoms with Crippen LogP contribution in [-0.2, 0) is 20.0 Å². The summed E-state index contributed by atoms with van der Waals surface area (Å²) in [5.74, 6) is -0.532. The van der Waals surface area contributed by atoms with Gasteiger partial charge in [-0.3, -0.25) is 0 Å². The lowest BCUT2D eigenvalue weighted by molar-refractivity contribution is 0.566. The first kappa shape index (κ1) is 17.5. The van der Waals surface area contributed by atoms with Gasteiger partial charge < -0.3 is 0 Å². The Morgan fingerprint density at radius 2 is 1.39 bits per heavy atom. The Balaban J connectivity index is 2.21. The summed E-state index contributed by atoms with van der Waals surface area (Å²) in [6, 6.07) is 9.36. The Bertz CT molecular complexity index is 893. The number of rotatable bonds is 5. The molecule has 0 heterocycles. The number of benzene rings is 2. The Hall–Kier alpha value is -1.81. The van der Waals surface area contributed by atoms with Crippen LogP contribution in [0.1, 0.15) is 18.5 Å². The molecule has 0 aromatic heterocycles. The molecule has 0 fully saturated rings. The third-order valence-electron chi connectivity index (χ3n) is 3.16. The molecule has 9 heteroatoms. The number of nitrogens with one attached hydrogen (secondary N) is 1. The van der Waals surface area contributed by atoms with Gasteiger partial charge in [0.2, 0.25) is 20.0 Å². The fourth-order valence-electron chi connectivity index (χ4n) is 1.93. The van der Waals surface area contributed by atoms with E-state index in [0.717, 1.165) is 24.3 Å². The highest BCUT2D eigenvalue weighted by Gasteiger charge is 2.19. The van der Waals surface area contributed by atoms with Crippen molar-refractivity contribution in [1.29, 1.82) is 0 Å². The molecule has 124 valence electrons. The highest BCUT2D eigenvalue weighted by molar-refractivity contribution is 7.89. The van der Waals surface area contributed by atoms with Gasteiger partial charge in [-0.15, -0.1) is 0 Å². The van der Waals surface area contributed by atoms with Crippen molar-refractivity contribution < 1.29 is 21.2 Å². The van der Waals surface area contributed by atoms with Gasteiger partial charge in [0.1, 0.15) is 5.82 Å². The summed E-state index contributed by atoms with van der Waals surface area (Å²) in [4.78, 5) is -0.123. The molecule has 1 atom stereocenters. The Labute approximate surface area is 134 Å². The summed E-state index contributed by atoms with van der Waals surface area (Å²) in [7, 11) is -7.62. The predicted octanol–water partition coefficient (Wildman–Crippen LogP) is 1.51. The summed E-state index contributed by atoms with van der Waals surface area (Å²) < 4.78 is 62.1. The molecule has 2 rings (SSSR count). The number of nitrogens with two attached hydrogens (primary N) is 1. The molecule has 0 aliphatic rings. The fourth-order valence-corrected chi connectivity index (χ4v) is 3.68. The van der Waals surface area contributed by atoms with Crippen LogP contribution >= 0.6 is 0 Å². The largest absolute Gasteiger partial charge is 0.241 e. The number of primary sulfonamides is 1. The van der Waals surface area contributed by atoms with Crippen molar-refractivity contribution in [2.75, 3.05) is 0 Å². The molecule has 0 amide bonds. The maximum absolute atomic E-state index is 12.9. The Kier molecular flexibility index (Phi) is 4.85. The summed E-state index contributed by atoms with van der Waals surface area (Å²) >= 11 is 0. The van der Waals surface area contributed by atoms with E-state index in [4.69, 9.17) is 5.14 Å². The van der Waals surface area contributed by atoms with Gasteiger partial charge in [-0.05, 0) is 48.9 Å². The van der Waals surface area contributed by atoms with E-state index in [1.807, 2.05) is 0 Å². The van der Waals surface area contributed by atoms with E-state index in [1.54, 1.807) is 6.92 Å². The molecule has 0 saturated heterocycles. The molecular formula is C14H15FN2O4S2. The number of sulfonamides is 2. The second-order valence-electron chi connectivity index (χ2n) is 4.91. The van der Waals surface area contributed by atoms with Crippen LogP contribution in [0.15, 0.2) is 58.3 Å². The van der Waals surface area contributed by atoms with Crippen molar-refractivity contribution in [3.63, 3.8) is 0 Å². The molecule has 0 bridgehead atoms. The predicted molar refractivity (Wildman–Crippen MR) is 83.0 cm³/mol. The first-order valence-corrected chi connectivity index (χ1v) is 9.53. The van der Waals surface area contributed by atoms with Crippen molar-refractivity contribution in [2.45, 2.75) is 22.8 Å². The van der Waals surface area contributed by atoms with E-state index >= 15 is 0 Å². The quantitative estimate of drug-likeness (QED) is 0.845. The van der Waals surface area contributed by atoms with Gasteiger partial charge in [0.25, 0.3) is 0 Å². The normalized spacial score (nSPS) is 13.7. The number of halogens is 1. The topological polar surface area (TPSA) is 106 Å². The molecule has 1 unspecified atom stereocenters. The third kappa shape index (κ3) is 4.35. The lowest BCUT2D eigenvalue weighted by Gasteiger charge is -2.15. The van der Waals surface area contributed by atoms with Crippen LogP contribution in [0.2, 0.25) is 0 Å². The molecule has 2 aromatic rings. The fraction of sp³-hybridized carbons (Fsp3) is 0.143. The van der Waals surface area contributed by atoms with E-state index in [9.17, 15) is 21.2 Å². The van der Waals surface area contributed by atoms with Crippen molar-refractivity contribution in [2.24, 2.45) is 5.14 Å². The van der Waals surface area contributed by atoms with Gasteiger partial charge in [-0.2, -0.15) is 0 Å². The zero-order valence-corrected chi connectivity index (χ0v) is 13.7. The van der Waals surface area contributed by atoms with Gasteiger partial charge in [-0.1, -0.05) is 12.1 Å². The molecule has 0 radical (unpaired) electrons. The lowest BCUT2D eigenvalue weighted by atomic mass is 10.1. The summed E-state index contributed by atoms with van der Waals surface area (Å²) in [5.41, 5.74) is 0.558. The maximum atomic E-state index is 12.9. The lowest BCUT2D eigenvalue weighted by Crippen LogP contribution is -2.27.